The number of aromatic nitrogens is 4. The van der Waals surface area contributed by atoms with Crippen molar-refractivity contribution in [3.05, 3.63) is 48.7 Å². The maximum absolute atomic E-state index is 5.69. The molecule has 3 aromatic rings. The number of pyridine rings is 1. The van der Waals surface area contributed by atoms with Crippen LogP contribution in [-0.2, 0) is 6.61 Å². The molecule has 0 amide bonds. The van der Waals surface area contributed by atoms with Crippen molar-refractivity contribution in [1.29, 1.82) is 0 Å². The van der Waals surface area contributed by atoms with Gasteiger partial charge in [-0.05, 0) is 26.0 Å². The molecule has 0 saturated heterocycles. The van der Waals surface area contributed by atoms with Crippen molar-refractivity contribution in [2.75, 3.05) is 0 Å². The molecule has 3 aromatic heterocycles. The van der Waals surface area contributed by atoms with Crippen molar-refractivity contribution in [3.63, 3.8) is 0 Å². The number of imidazole rings is 1. The fourth-order valence-electron chi connectivity index (χ4n) is 1.89. The Balaban J connectivity index is 1.71. The molecule has 0 saturated carbocycles. The van der Waals surface area contributed by atoms with Crippen molar-refractivity contribution in [3.8, 4) is 5.75 Å². The monoisotopic (exact) mass is 256 g/mol. The Bertz CT molecular complexity index is 650. The second kappa shape index (κ2) is 4.76. The van der Waals surface area contributed by atoms with Crippen molar-refractivity contribution in [1.82, 2.24) is 19.2 Å². The smallest absolute Gasteiger partial charge is 0.157 e. The first kappa shape index (κ1) is 11.8. The van der Waals surface area contributed by atoms with E-state index in [0.29, 0.717) is 12.6 Å². The predicted octanol–water partition coefficient (Wildman–Crippen LogP) is 2.69. The number of rotatable bonds is 4. The van der Waals surface area contributed by atoms with Gasteiger partial charge >= 0.3 is 0 Å². The molecule has 0 atom stereocenters. The Labute approximate surface area is 111 Å². The van der Waals surface area contributed by atoms with Gasteiger partial charge in [0.2, 0.25) is 0 Å². The Kier molecular flexibility index (Phi) is 2.95. The number of ether oxygens (including phenoxy) is 1. The minimum atomic E-state index is 0.340. The van der Waals surface area contributed by atoms with Crippen molar-refractivity contribution in [2.45, 2.75) is 26.5 Å². The minimum absolute atomic E-state index is 0.340. The molecule has 5 heteroatoms. The quantitative estimate of drug-likeness (QED) is 0.721. The van der Waals surface area contributed by atoms with E-state index >= 15 is 0 Å². The Morgan fingerprint density at radius 2 is 2.16 bits per heavy atom. The van der Waals surface area contributed by atoms with Crippen LogP contribution in [0.4, 0.5) is 0 Å². The van der Waals surface area contributed by atoms with E-state index in [0.717, 1.165) is 17.1 Å². The summed E-state index contributed by atoms with van der Waals surface area (Å²) in [7, 11) is 0. The van der Waals surface area contributed by atoms with E-state index in [1.54, 1.807) is 6.20 Å². The zero-order chi connectivity index (χ0) is 13.2. The molecule has 0 radical (unpaired) electrons. The second-order valence-corrected chi connectivity index (χ2v) is 4.74. The maximum atomic E-state index is 5.69. The van der Waals surface area contributed by atoms with Crippen molar-refractivity contribution >= 4 is 5.65 Å². The third kappa shape index (κ3) is 2.45. The summed E-state index contributed by atoms with van der Waals surface area (Å²) >= 11 is 0. The van der Waals surface area contributed by atoms with Crippen LogP contribution in [0.1, 0.15) is 25.6 Å². The standard InChI is InChI=1S/C14H16N4O/c1-11(2)18-9-13(7-15-18)19-10-12-8-17-6-4-3-5-14(17)16-12/h3-9,11H,10H2,1-2H3. The van der Waals surface area contributed by atoms with Gasteiger partial charge in [-0.15, -0.1) is 0 Å². The zero-order valence-electron chi connectivity index (χ0n) is 11.0. The largest absolute Gasteiger partial charge is 0.484 e. The third-order valence-electron chi connectivity index (χ3n) is 2.91. The molecule has 0 aliphatic carbocycles. The summed E-state index contributed by atoms with van der Waals surface area (Å²) < 4.78 is 9.55. The minimum Gasteiger partial charge on any atom is -0.484 e. The van der Waals surface area contributed by atoms with Gasteiger partial charge < -0.3 is 9.14 Å². The molecule has 3 heterocycles. The predicted molar refractivity (Wildman–Crippen MR) is 72.1 cm³/mol. The molecule has 0 aromatic carbocycles. The van der Waals surface area contributed by atoms with E-state index in [1.807, 2.05) is 45.9 Å². The average molecular weight is 256 g/mol. The lowest BCUT2D eigenvalue weighted by atomic mass is 10.4. The molecule has 0 bridgehead atoms. The summed E-state index contributed by atoms with van der Waals surface area (Å²) in [5.74, 6) is 0.769. The molecule has 0 unspecified atom stereocenters. The number of nitrogens with zero attached hydrogens (tertiary/aromatic N) is 4. The van der Waals surface area contributed by atoms with Gasteiger partial charge in [0.15, 0.2) is 5.75 Å². The molecule has 0 fully saturated rings. The molecule has 0 N–H and O–H groups in total. The number of fused-ring (bicyclic) bond motifs is 1. The Morgan fingerprint density at radius 1 is 1.26 bits per heavy atom. The lowest BCUT2D eigenvalue weighted by molar-refractivity contribution is 0.301. The van der Waals surface area contributed by atoms with Gasteiger partial charge in [0.05, 0.1) is 18.1 Å². The molecule has 3 rings (SSSR count). The van der Waals surface area contributed by atoms with Crippen LogP contribution in [0.2, 0.25) is 0 Å². The molecule has 98 valence electrons. The summed E-state index contributed by atoms with van der Waals surface area (Å²) in [5.41, 5.74) is 1.84. The fourth-order valence-corrected chi connectivity index (χ4v) is 1.89. The molecule has 0 spiro atoms. The molecular weight excluding hydrogens is 240 g/mol. The van der Waals surface area contributed by atoms with Crippen LogP contribution in [0.15, 0.2) is 43.0 Å². The van der Waals surface area contributed by atoms with Crippen LogP contribution in [0, 0.1) is 0 Å². The summed E-state index contributed by atoms with van der Waals surface area (Å²) in [6, 6.07) is 6.26. The van der Waals surface area contributed by atoms with Crippen LogP contribution in [0.5, 0.6) is 5.75 Å². The molecule has 0 aliphatic rings. The highest BCUT2D eigenvalue weighted by molar-refractivity contribution is 5.39. The van der Waals surface area contributed by atoms with E-state index in [-0.39, 0.29) is 0 Å². The van der Waals surface area contributed by atoms with Crippen LogP contribution in [-0.4, -0.2) is 19.2 Å². The first-order valence-electron chi connectivity index (χ1n) is 6.32. The highest BCUT2D eigenvalue weighted by Crippen LogP contribution is 2.14. The third-order valence-corrected chi connectivity index (χ3v) is 2.91. The van der Waals surface area contributed by atoms with Gasteiger partial charge in [-0.2, -0.15) is 5.10 Å². The summed E-state index contributed by atoms with van der Waals surface area (Å²) in [6.07, 6.45) is 7.58. The maximum Gasteiger partial charge on any atom is 0.157 e. The average Bonchev–Trinajstić information content (AvgIpc) is 3.02. The Morgan fingerprint density at radius 3 is 2.89 bits per heavy atom. The SMILES string of the molecule is CC(C)n1cc(OCc2cn3ccccc3n2)cn1. The lowest BCUT2D eigenvalue weighted by Gasteiger charge is -2.03. The van der Waals surface area contributed by atoms with E-state index in [2.05, 4.69) is 23.9 Å². The van der Waals surface area contributed by atoms with E-state index in [4.69, 9.17) is 4.74 Å². The summed E-state index contributed by atoms with van der Waals surface area (Å²) in [6.45, 7) is 4.61. The van der Waals surface area contributed by atoms with Crippen molar-refractivity contribution < 1.29 is 4.74 Å². The molecular formula is C14H16N4O. The summed E-state index contributed by atoms with van der Waals surface area (Å²) in [5, 5.41) is 4.24. The van der Waals surface area contributed by atoms with Crippen LogP contribution in [0.25, 0.3) is 5.65 Å². The van der Waals surface area contributed by atoms with Crippen LogP contribution in [0.3, 0.4) is 0 Å². The highest BCUT2D eigenvalue weighted by atomic mass is 16.5. The normalized spacial score (nSPS) is 11.3. The Hall–Kier alpha value is -2.30. The fraction of sp³-hybridized carbons (Fsp3) is 0.286. The first-order chi connectivity index (χ1) is 9.22. The van der Waals surface area contributed by atoms with Gasteiger partial charge in [0.1, 0.15) is 12.3 Å². The molecule has 0 aliphatic heterocycles. The van der Waals surface area contributed by atoms with Gasteiger partial charge in [0, 0.05) is 18.4 Å². The second-order valence-electron chi connectivity index (χ2n) is 4.74. The van der Waals surface area contributed by atoms with Crippen LogP contribution < -0.4 is 4.74 Å². The first-order valence-corrected chi connectivity index (χ1v) is 6.32. The van der Waals surface area contributed by atoms with Gasteiger partial charge in [-0.3, -0.25) is 4.68 Å². The van der Waals surface area contributed by atoms with Crippen LogP contribution >= 0.6 is 0 Å². The highest BCUT2D eigenvalue weighted by Gasteiger charge is 2.05. The van der Waals surface area contributed by atoms with Crippen molar-refractivity contribution in [2.24, 2.45) is 0 Å². The topological polar surface area (TPSA) is 44.4 Å². The van der Waals surface area contributed by atoms with E-state index < -0.39 is 0 Å². The number of hydrogen-bond acceptors (Lipinski definition) is 3. The molecule has 5 nitrogen and oxygen atoms in total. The van der Waals surface area contributed by atoms with Gasteiger partial charge in [0.25, 0.3) is 0 Å². The zero-order valence-corrected chi connectivity index (χ0v) is 11.0. The van der Waals surface area contributed by atoms with E-state index in [1.165, 1.54) is 0 Å². The molecule has 19 heavy (non-hydrogen) atoms. The van der Waals surface area contributed by atoms with Gasteiger partial charge in [-0.25, -0.2) is 4.98 Å². The van der Waals surface area contributed by atoms with E-state index in [9.17, 15) is 0 Å². The summed E-state index contributed by atoms with van der Waals surface area (Å²) in [4.78, 5) is 4.48. The number of hydrogen-bond donors (Lipinski definition) is 0. The lowest BCUT2D eigenvalue weighted by Crippen LogP contribution is -2.00. The van der Waals surface area contributed by atoms with Gasteiger partial charge in [-0.1, -0.05) is 6.07 Å².